The third-order valence-corrected chi connectivity index (χ3v) is 2.28. The standard InChI is InChI=1S/C15H15NO/c16-11-5-7-13-6-4-10-15(12-13)17-14-8-2-1-3-9-14/h1-10,12H,11,16H2. The Labute approximate surface area is 101 Å². The van der Waals surface area contributed by atoms with Gasteiger partial charge in [0.25, 0.3) is 0 Å². The number of rotatable bonds is 4. The van der Waals surface area contributed by atoms with Gasteiger partial charge in [-0.15, -0.1) is 0 Å². The van der Waals surface area contributed by atoms with Gasteiger partial charge in [0, 0.05) is 6.54 Å². The molecule has 17 heavy (non-hydrogen) atoms. The lowest BCUT2D eigenvalue weighted by Gasteiger charge is -2.05. The summed E-state index contributed by atoms with van der Waals surface area (Å²) in [6.07, 6.45) is 3.90. The molecule has 2 nitrogen and oxygen atoms in total. The fraction of sp³-hybridized carbons (Fsp3) is 0.0667. The van der Waals surface area contributed by atoms with Crippen LogP contribution < -0.4 is 10.5 Å². The van der Waals surface area contributed by atoms with Crippen molar-refractivity contribution in [2.45, 2.75) is 0 Å². The summed E-state index contributed by atoms with van der Waals surface area (Å²) in [7, 11) is 0. The number of benzene rings is 2. The molecule has 0 unspecified atom stereocenters. The topological polar surface area (TPSA) is 35.2 Å². The fourth-order valence-electron chi connectivity index (χ4n) is 1.51. The molecule has 2 aromatic rings. The average Bonchev–Trinajstić information content (AvgIpc) is 2.38. The van der Waals surface area contributed by atoms with Gasteiger partial charge in [0.1, 0.15) is 11.5 Å². The summed E-state index contributed by atoms with van der Waals surface area (Å²) in [6.45, 7) is 0.545. The lowest BCUT2D eigenvalue weighted by Crippen LogP contribution is -1.92. The maximum absolute atomic E-state index is 5.73. The van der Waals surface area contributed by atoms with E-state index < -0.39 is 0 Å². The molecule has 2 heteroatoms. The maximum Gasteiger partial charge on any atom is 0.128 e. The van der Waals surface area contributed by atoms with Crippen molar-refractivity contribution in [2.24, 2.45) is 5.73 Å². The van der Waals surface area contributed by atoms with Gasteiger partial charge in [-0.25, -0.2) is 0 Å². The van der Waals surface area contributed by atoms with Gasteiger partial charge in [0.05, 0.1) is 0 Å². The van der Waals surface area contributed by atoms with Crippen molar-refractivity contribution < 1.29 is 4.74 Å². The van der Waals surface area contributed by atoms with Crippen molar-refractivity contribution in [1.82, 2.24) is 0 Å². The SMILES string of the molecule is NCC=Cc1cccc(Oc2ccccc2)c1. The van der Waals surface area contributed by atoms with Crippen molar-refractivity contribution in [1.29, 1.82) is 0 Å². The van der Waals surface area contributed by atoms with E-state index in [1.54, 1.807) is 0 Å². The van der Waals surface area contributed by atoms with E-state index in [0.29, 0.717) is 6.54 Å². The lowest BCUT2D eigenvalue weighted by molar-refractivity contribution is 0.482. The minimum absolute atomic E-state index is 0.545. The van der Waals surface area contributed by atoms with Gasteiger partial charge in [-0.05, 0) is 29.8 Å². The van der Waals surface area contributed by atoms with Crippen LogP contribution in [0.2, 0.25) is 0 Å². The van der Waals surface area contributed by atoms with Gasteiger partial charge in [-0.1, -0.05) is 42.5 Å². The molecule has 0 saturated heterocycles. The molecule has 0 aliphatic rings. The smallest absolute Gasteiger partial charge is 0.128 e. The zero-order chi connectivity index (χ0) is 11.9. The van der Waals surface area contributed by atoms with Gasteiger partial charge in [-0.3, -0.25) is 0 Å². The molecular formula is C15H15NO. The van der Waals surface area contributed by atoms with Crippen molar-refractivity contribution >= 4 is 6.08 Å². The van der Waals surface area contributed by atoms with Crippen LogP contribution >= 0.6 is 0 Å². The van der Waals surface area contributed by atoms with Crippen LogP contribution in [0, 0.1) is 0 Å². The van der Waals surface area contributed by atoms with Gasteiger partial charge in [-0.2, -0.15) is 0 Å². The van der Waals surface area contributed by atoms with Crippen LogP contribution in [0.5, 0.6) is 11.5 Å². The molecule has 0 aliphatic heterocycles. The average molecular weight is 225 g/mol. The van der Waals surface area contributed by atoms with Crippen LogP contribution in [0.25, 0.3) is 6.08 Å². The molecule has 0 radical (unpaired) electrons. The molecule has 2 aromatic carbocycles. The molecule has 0 fully saturated rings. The normalized spacial score (nSPS) is 10.6. The van der Waals surface area contributed by atoms with E-state index in [2.05, 4.69) is 0 Å². The summed E-state index contributed by atoms with van der Waals surface area (Å²) in [6, 6.07) is 17.6. The Morgan fingerprint density at radius 2 is 1.71 bits per heavy atom. The first-order valence-electron chi connectivity index (χ1n) is 5.58. The van der Waals surface area contributed by atoms with Gasteiger partial charge < -0.3 is 10.5 Å². The van der Waals surface area contributed by atoms with Crippen molar-refractivity contribution in [3.8, 4) is 11.5 Å². The van der Waals surface area contributed by atoms with Crippen LogP contribution in [0.4, 0.5) is 0 Å². The number of nitrogens with two attached hydrogens (primary N) is 1. The molecule has 2 rings (SSSR count). The Morgan fingerprint density at radius 1 is 0.941 bits per heavy atom. The molecule has 0 spiro atoms. The Hall–Kier alpha value is -2.06. The van der Waals surface area contributed by atoms with E-state index >= 15 is 0 Å². The van der Waals surface area contributed by atoms with Crippen LogP contribution in [0.15, 0.2) is 60.7 Å². The summed E-state index contributed by atoms with van der Waals surface area (Å²) >= 11 is 0. The first kappa shape index (κ1) is 11.4. The summed E-state index contributed by atoms with van der Waals surface area (Å²) in [5, 5.41) is 0. The van der Waals surface area contributed by atoms with Crippen LogP contribution in [0.3, 0.4) is 0 Å². The predicted octanol–water partition coefficient (Wildman–Crippen LogP) is 3.45. The number of hydrogen-bond donors (Lipinski definition) is 1. The van der Waals surface area contributed by atoms with Gasteiger partial charge >= 0.3 is 0 Å². The number of para-hydroxylation sites is 1. The van der Waals surface area contributed by atoms with E-state index in [1.807, 2.05) is 66.7 Å². The van der Waals surface area contributed by atoms with E-state index in [4.69, 9.17) is 10.5 Å². The first-order chi connectivity index (χ1) is 8.38. The quantitative estimate of drug-likeness (QED) is 0.865. The van der Waals surface area contributed by atoms with Crippen molar-refractivity contribution in [2.75, 3.05) is 6.54 Å². The Balaban J connectivity index is 2.14. The van der Waals surface area contributed by atoms with E-state index in [0.717, 1.165) is 17.1 Å². The summed E-state index contributed by atoms with van der Waals surface area (Å²) in [5.74, 6) is 1.67. The van der Waals surface area contributed by atoms with E-state index in [1.165, 1.54) is 0 Å². The number of hydrogen-bond acceptors (Lipinski definition) is 2. The van der Waals surface area contributed by atoms with E-state index in [-0.39, 0.29) is 0 Å². The minimum atomic E-state index is 0.545. The molecule has 86 valence electrons. The van der Waals surface area contributed by atoms with Crippen molar-refractivity contribution in [3.05, 3.63) is 66.2 Å². The highest BCUT2D eigenvalue weighted by atomic mass is 16.5. The molecule has 0 bridgehead atoms. The monoisotopic (exact) mass is 225 g/mol. The minimum Gasteiger partial charge on any atom is -0.457 e. The zero-order valence-electron chi connectivity index (χ0n) is 9.54. The zero-order valence-corrected chi connectivity index (χ0v) is 9.54. The lowest BCUT2D eigenvalue weighted by atomic mass is 10.2. The largest absolute Gasteiger partial charge is 0.457 e. The van der Waals surface area contributed by atoms with E-state index in [9.17, 15) is 0 Å². The third-order valence-electron chi connectivity index (χ3n) is 2.28. The molecule has 0 aromatic heterocycles. The molecule has 0 saturated carbocycles. The molecule has 0 heterocycles. The second-order valence-corrected chi connectivity index (χ2v) is 3.63. The first-order valence-corrected chi connectivity index (χ1v) is 5.58. The van der Waals surface area contributed by atoms with Gasteiger partial charge in [0.15, 0.2) is 0 Å². The second-order valence-electron chi connectivity index (χ2n) is 3.63. The fourth-order valence-corrected chi connectivity index (χ4v) is 1.51. The Kier molecular flexibility index (Phi) is 3.95. The summed E-state index contributed by atoms with van der Waals surface area (Å²) in [5.41, 5.74) is 6.51. The Morgan fingerprint density at radius 3 is 2.47 bits per heavy atom. The highest BCUT2D eigenvalue weighted by Crippen LogP contribution is 2.22. The third kappa shape index (κ3) is 3.47. The highest BCUT2D eigenvalue weighted by molar-refractivity contribution is 5.52. The van der Waals surface area contributed by atoms with Gasteiger partial charge in [0.2, 0.25) is 0 Å². The molecule has 0 amide bonds. The highest BCUT2D eigenvalue weighted by Gasteiger charge is 1.96. The molecule has 2 N–H and O–H groups in total. The molecule has 0 atom stereocenters. The number of ether oxygens (including phenoxy) is 1. The second kappa shape index (κ2) is 5.87. The molecular weight excluding hydrogens is 210 g/mol. The van der Waals surface area contributed by atoms with Crippen LogP contribution in [0.1, 0.15) is 5.56 Å². The molecule has 0 aliphatic carbocycles. The maximum atomic E-state index is 5.73. The summed E-state index contributed by atoms with van der Waals surface area (Å²) < 4.78 is 5.73. The van der Waals surface area contributed by atoms with Crippen molar-refractivity contribution in [3.63, 3.8) is 0 Å². The summed E-state index contributed by atoms with van der Waals surface area (Å²) in [4.78, 5) is 0. The van der Waals surface area contributed by atoms with Crippen LogP contribution in [-0.2, 0) is 0 Å². The van der Waals surface area contributed by atoms with Crippen LogP contribution in [-0.4, -0.2) is 6.54 Å². The Bertz CT molecular complexity index is 491. The predicted molar refractivity (Wildman–Crippen MR) is 71.0 cm³/mol.